The number of H-pyrrole nitrogens is 1. The summed E-state index contributed by atoms with van der Waals surface area (Å²) in [5.74, 6) is -2.34. The highest BCUT2D eigenvalue weighted by atomic mass is 32.2. The van der Waals surface area contributed by atoms with E-state index in [1.165, 1.54) is 44.7 Å². The van der Waals surface area contributed by atoms with Gasteiger partial charge >= 0.3 is 6.01 Å². The first-order valence-electron chi connectivity index (χ1n) is 14.5. The maximum Gasteiger partial charge on any atom is 0.319 e. The van der Waals surface area contributed by atoms with Crippen molar-refractivity contribution in [2.75, 3.05) is 19.5 Å². The van der Waals surface area contributed by atoms with Gasteiger partial charge in [0.25, 0.3) is 0 Å². The number of nitrogens with zero attached hydrogens (tertiary/aromatic N) is 6. The second-order valence-corrected chi connectivity index (χ2v) is 12.5. The summed E-state index contributed by atoms with van der Waals surface area (Å²) in [7, 11) is -1.43. The van der Waals surface area contributed by atoms with E-state index in [0.29, 0.717) is 35.6 Å². The van der Waals surface area contributed by atoms with E-state index in [-0.39, 0.29) is 62.4 Å². The number of benzene rings is 3. The standard InChI is InChI=1S/C31H24F3N9O5S/c1-46-30-23(13-36-31(38-30)47-2)15-7-24(34)27-25(8-15)35-14-26(49(44,45)41-19-3-4-19)28(27)37-20-5-16(29-39-42-43-40-29)6-21(12-20)48-22-10-17(32)9-18(33)11-22/h5-14,19,41H,3-4H2,1-2H3,(H,35,37)(H,39,40,42,43). The van der Waals surface area contributed by atoms with Crippen molar-refractivity contribution in [2.24, 2.45) is 0 Å². The van der Waals surface area contributed by atoms with E-state index in [0.717, 1.165) is 18.3 Å². The summed E-state index contributed by atoms with van der Waals surface area (Å²) in [5, 5.41) is 16.6. The molecular formula is C31H24F3N9O5S. The van der Waals surface area contributed by atoms with Crippen LogP contribution in [0.25, 0.3) is 33.4 Å². The molecule has 6 aromatic rings. The number of tetrazole rings is 1. The average molecular weight is 692 g/mol. The maximum absolute atomic E-state index is 16.3. The fourth-order valence-corrected chi connectivity index (χ4v) is 6.46. The second kappa shape index (κ2) is 12.6. The van der Waals surface area contributed by atoms with Crippen molar-refractivity contribution < 1.29 is 35.8 Å². The van der Waals surface area contributed by atoms with Gasteiger partial charge in [-0.1, -0.05) is 0 Å². The number of rotatable bonds is 11. The molecule has 0 unspecified atom stereocenters. The van der Waals surface area contributed by atoms with Gasteiger partial charge in [0.05, 0.1) is 36.4 Å². The Morgan fingerprint density at radius 2 is 1.65 bits per heavy atom. The van der Waals surface area contributed by atoms with Crippen LogP contribution in [0, 0.1) is 17.5 Å². The maximum atomic E-state index is 16.3. The number of hydrogen-bond acceptors (Lipinski definition) is 12. The molecule has 250 valence electrons. The van der Waals surface area contributed by atoms with Gasteiger partial charge in [0.1, 0.15) is 33.8 Å². The van der Waals surface area contributed by atoms with Crippen LogP contribution >= 0.6 is 0 Å². The molecule has 0 atom stereocenters. The second-order valence-electron chi connectivity index (χ2n) is 10.9. The van der Waals surface area contributed by atoms with Crippen LogP contribution < -0.4 is 24.2 Å². The fourth-order valence-electron chi connectivity index (χ4n) is 5.04. The summed E-state index contributed by atoms with van der Waals surface area (Å²) < 4.78 is 90.3. The van der Waals surface area contributed by atoms with Crippen molar-refractivity contribution >= 4 is 32.3 Å². The number of aromatic nitrogens is 7. The van der Waals surface area contributed by atoms with Crippen molar-refractivity contribution in [1.29, 1.82) is 0 Å². The number of methoxy groups -OCH3 is 2. The third-order valence-corrected chi connectivity index (χ3v) is 8.89. The van der Waals surface area contributed by atoms with E-state index >= 15 is 4.39 Å². The Hall–Kier alpha value is -5.88. The Labute approximate surface area is 275 Å². The SMILES string of the molecule is COc1ncc(-c2cc(F)c3c(Nc4cc(Oc5cc(F)cc(F)c5)cc(-c5nnn[nH]5)c4)c(S(=O)(=O)NC4CC4)cnc3c2)c(OC)n1. The number of hydrogen-bond donors (Lipinski definition) is 3. The third-order valence-electron chi connectivity index (χ3n) is 7.36. The van der Waals surface area contributed by atoms with Gasteiger partial charge in [-0.05, 0) is 53.1 Å². The lowest BCUT2D eigenvalue weighted by atomic mass is 10.0. The smallest absolute Gasteiger partial charge is 0.319 e. The highest BCUT2D eigenvalue weighted by molar-refractivity contribution is 7.89. The number of pyridine rings is 1. The van der Waals surface area contributed by atoms with Gasteiger partial charge in [0.2, 0.25) is 15.9 Å². The van der Waals surface area contributed by atoms with Crippen LogP contribution in [0.3, 0.4) is 0 Å². The number of halogens is 3. The molecule has 7 rings (SSSR count). The zero-order chi connectivity index (χ0) is 34.3. The van der Waals surface area contributed by atoms with Crippen LogP contribution in [0.1, 0.15) is 12.8 Å². The third kappa shape index (κ3) is 6.63. The molecule has 14 nitrogen and oxygen atoms in total. The van der Waals surface area contributed by atoms with Gasteiger partial charge in [-0.25, -0.2) is 36.4 Å². The van der Waals surface area contributed by atoms with Crippen molar-refractivity contribution in [2.45, 2.75) is 23.8 Å². The summed E-state index contributed by atoms with van der Waals surface area (Å²) >= 11 is 0. The first-order chi connectivity index (χ1) is 23.6. The van der Waals surface area contributed by atoms with Gasteiger partial charge in [-0.15, -0.1) is 5.10 Å². The molecule has 1 aliphatic carbocycles. The minimum atomic E-state index is -4.21. The number of sulfonamides is 1. The fraction of sp³-hybridized carbons (Fsp3) is 0.161. The van der Waals surface area contributed by atoms with Crippen LogP contribution in [-0.4, -0.2) is 64.3 Å². The lowest BCUT2D eigenvalue weighted by Gasteiger charge is -2.18. The van der Waals surface area contributed by atoms with Crippen molar-refractivity contribution in [3.8, 4) is 45.9 Å². The van der Waals surface area contributed by atoms with Crippen LogP contribution in [0.2, 0.25) is 0 Å². The van der Waals surface area contributed by atoms with E-state index in [1.807, 2.05) is 0 Å². The Balaban J connectivity index is 1.39. The topological polar surface area (TPSA) is 179 Å². The minimum Gasteiger partial charge on any atom is -0.480 e. The lowest BCUT2D eigenvalue weighted by Crippen LogP contribution is -2.26. The van der Waals surface area contributed by atoms with E-state index in [9.17, 15) is 17.2 Å². The molecule has 3 N–H and O–H groups in total. The Morgan fingerprint density at radius 1 is 0.878 bits per heavy atom. The summed E-state index contributed by atoms with van der Waals surface area (Å²) in [6, 6.07) is 9.62. The Bertz CT molecular complexity index is 2300. The van der Waals surface area contributed by atoms with E-state index in [4.69, 9.17) is 14.2 Å². The number of ether oxygens (including phenoxy) is 3. The van der Waals surface area contributed by atoms with Crippen LogP contribution in [0.15, 0.2) is 65.8 Å². The van der Waals surface area contributed by atoms with E-state index in [2.05, 4.69) is 45.6 Å². The average Bonchev–Trinajstić information content (AvgIpc) is 3.68. The first-order valence-corrected chi connectivity index (χ1v) is 16.0. The van der Waals surface area contributed by atoms with Gasteiger partial charge < -0.3 is 19.5 Å². The summed E-state index contributed by atoms with van der Waals surface area (Å²) in [5.41, 5.74) is 1.10. The quantitative estimate of drug-likeness (QED) is 0.160. The number of aromatic amines is 1. The van der Waals surface area contributed by atoms with Crippen molar-refractivity contribution in [1.82, 2.24) is 40.3 Å². The zero-order valence-corrected chi connectivity index (χ0v) is 26.3. The van der Waals surface area contributed by atoms with Gasteiger partial charge in [-0.3, -0.25) is 4.98 Å². The lowest BCUT2D eigenvalue weighted by molar-refractivity contribution is 0.353. The van der Waals surface area contributed by atoms with Crippen molar-refractivity contribution in [3.63, 3.8) is 0 Å². The number of nitrogens with one attached hydrogen (secondary N) is 3. The Morgan fingerprint density at radius 3 is 2.35 bits per heavy atom. The minimum absolute atomic E-state index is 0.0405. The summed E-state index contributed by atoms with van der Waals surface area (Å²) in [4.78, 5) is 12.3. The highest BCUT2D eigenvalue weighted by Crippen LogP contribution is 2.40. The van der Waals surface area contributed by atoms with Gasteiger partial charge in [0.15, 0.2) is 5.82 Å². The summed E-state index contributed by atoms with van der Waals surface area (Å²) in [6.07, 6.45) is 3.83. The van der Waals surface area contributed by atoms with Crippen molar-refractivity contribution in [3.05, 3.63) is 78.4 Å². The van der Waals surface area contributed by atoms with Gasteiger partial charge in [0, 0.05) is 54.0 Å². The van der Waals surface area contributed by atoms with E-state index in [1.54, 1.807) is 6.07 Å². The van der Waals surface area contributed by atoms with Crippen LogP contribution in [-0.2, 0) is 10.0 Å². The molecule has 0 spiro atoms. The molecule has 1 aliphatic rings. The van der Waals surface area contributed by atoms with Crippen LogP contribution in [0.5, 0.6) is 23.4 Å². The molecular weight excluding hydrogens is 667 g/mol. The van der Waals surface area contributed by atoms with E-state index < -0.39 is 27.5 Å². The zero-order valence-electron chi connectivity index (χ0n) is 25.5. The molecule has 3 aromatic carbocycles. The number of anilines is 2. The first kappa shape index (κ1) is 31.7. The molecule has 49 heavy (non-hydrogen) atoms. The molecule has 3 aromatic heterocycles. The highest BCUT2D eigenvalue weighted by Gasteiger charge is 2.31. The summed E-state index contributed by atoms with van der Waals surface area (Å²) in [6.45, 7) is 0. The molecule has 0 amide bonds. The molecule has 0 bridgehead atoms. The molecule has 18 heteroatoms. The monoisotopic (exact) mass is 691 g/mol. The molecule has 3 heterocycles. The Kier molecular flexibility index (Phi) is 8.17. The number of fused-ring (bicyclic) bond motifs is 1. The molecule has 0 saturated heterocycles. The molecule has 0 aliphatic heterocycles. The largest absolute Gasteiger partial charge is 0.480 e. The normalized spacial score (nSPS) is 13.0. The predicted molar refractivity (Wildman–Crippen MR) is 169 cm³/mol. The molecule has 1 saturated carbocycles. The predicted octanol–water partition coefficient (Wildman–Crippen LogP) is 5.28. The molecule has 1 fully saturated rings. The van der Waals surface area contributed by atoms with Gasteiger partial charge in [-0.2, -0.15) is 4.98 Å². The van der Waals surface area contributed by atoms with Crippen LogP contribution in [0.4, 0.5) is 24.5 Å². The molecule has 0 radical (unpaired) electrons.